The molecule has 1 unspecified atom stereocenters. The predicted octanol–water partition coefficient (Wildman–Crippen LogP) is 6.11. The molecule has 45 heavy (non-hydrogen) atoms. The van der Waals surface area contributed by atoms with E-state index in [1.54, 1.807) is 37.3 Å². The number of hydrogen-bond donors (Lipinski definition) is 3. The summed E-state index contributed by atoms with van der Waals surface area (Å²) in [5, 5.41) is 8.76. The van der Waals surface area contributed by atoms with Gasteiger partial charge in [-0.1, -0.05) is 81.3 Å². The van der Waals surface area contributed by atoms with Gasteiger partial charge in [-0.3, -0.25) is 9.59 Å². The van der Waals surface area contributed by atoms with Gasteiger partial charge in [-0.2, -0.15) is 0 Å². The van der Waals surface area contributed by atoms with Crippen LogP contribution in [0.1, 0.15) is 74.7 Å². The van der Waals surface area contributed by atoms with Gasteiger partial charge in [-0.05, 0) is 45.4 Å². The maximum atomic E-state index is 13.0. The Bertz CT molecular complexity index is 1200. The zero-order valence-electron chi connectivity index (χ0n) is 27.9. The number of ether oxygens (including phenoxy) is 3. The number of carbonyl (C=O) groups excluding carboxylic acids is 4. The third kappa shape index (κ3) is 16.2. The molecule has 1 rings (SSSR count). The van der Waals surface area contributed by atoms with E-state index in [0.29, 0.717) is 24.3 Å². The fourth-order valence-electron chi connectivity index (χ4n) is 4.18. The predicted molar refractivity (Wildman–Crippen MR) is 177 cm³/mol. The number of amides is 3. The number of nitrogens with one attached hydrogen (secondary N) is 3. The molecule has 1 aliphatic rings. The lowest BCUT2D eigenvalue weighted by Crippen LogP contribution is -2.52. The molecule has 1 heterocycles. The van der Waals surface area contributed by atoms with Crippen LogP contribution in [0.25, 0.3) is 0 Å². The summed E-state index contributed by atoms with van der Waals surface area (Å²) in [7, 11) is 1.44. The quantitative estimate of drug-likeness (QED) is 0.111. The molecule has 1 aliphatic heterocycles. The molecule has 4 atom stereocenters. The number of alkyl carbamates (subject to hydrolysis) is 1. The average molecular weight is 648 g/mol. The topological polar surface area (TPSA) is 132 Å². The van der Waals surface area contributed by atoms with Gasteiger partial charge in [0.05, 0.1) is 7.11 Å². The number of rotatable bonds is 15. The summed E-state index contributed by atoms with van der Waals surface area (Å²) in [6.07, 6.45) is 15.2. The van der Waals surface area contributed by atoms with Crippen molar-refractivity contribution >= 4 is 35.5 Å². The molecular formula is C34H50ClN3O7. The fourth-order valence-corrected chi connectivity index (χ4v) is 4.27. The van der Waals surface area contributed by atoms with Gasteiger partial charge in [0.15, 0.2) is 5.76 Å². The first-order chi connectivity index (χ1) is 21.0. The second-order valence-electron chi connectivity index (χ2n) is 12.2. The van der Waals surface area contributed by atoms with Crippen LogP contribution >= 0.6 is 11.6 Å². The Hall–Kier alpha value is -3.79. The number of hydrogen-bond acceptors (Lipinski definition) is 7. The molecule has 0 aromatic rings. The normalized spacial score (nSPS) is 18.4. The molecular weight excluding hydrogens is 598 g/mol. The van der Waals surface area contributed by atoms with Crippen molar-refractivity contribution in [3.8, 4) is 0 Å². The van der Waals surface area contributed by atoms with Gasteiger partial charge in [0.1, 0.15) is 18.2 Å². The standard InChI is InChI=1S/C34H50ClN3O7/c1-22(2)37-33(42)44-26(17-16-25(5)35)14-12-20-36-31(40)30(34(6,7)8)38-29(39)15-11-10-13-23(3)21-24(4)27-18-19-28(43-9)32(41)45-27/h10-13,15-16,19-22,24,26-27,30H,14,17-18H2,1-9H3,(H,36,40)(H,37,42)(H,38,39)/b13-10+,15-11+,20-12-,23-21+,25-16+/t24-,26?,27-,30+/m0/s1. The van der Waals surface area contributed by atoms with E-state index in [1.165, 1.54) is 19.4 Å². The van der Waals surface area contributed by atoms with Crippen LogP contribution in [-0.2, 0) is 28.6 Å². The summed E-state index contributed by atoms with van der Waals surface area (Å²) in [6.45, 7) is 14.9. The minimum atomic E-state index is -0.817. The van der Waals surface area contributed by atoms with E-state index in [0.717, 1.165) is 5.57 Å². The highest BCUT2D eigenvalue weighted by Crippen LogP contribution is 2.23. The van der Waals surface area contributed by atoms with Crippen molar-refractivity contribution in [1.82, 2.24) is 16.0 Å². The molecule has 0 fully saturated rings. The largest absolute Gasteiger partial charge is 0.490 e. The van der Waals surface area contributed by atoms with Gasteiger partial charge < -0.3 is 30.2 Å². The molecule has 0 aliphatic carbocycles. The van der Waals surface area contributed by atoms with Crippen LogP contribution in [0.4, 0.5) is 4.79 Å². The van der Waals surface area contributed by atoms with Crippen LogP contribution < -0.4 is 16.0 Å². The van der Waals surface area contributed by atoms with E-state index in [2.05, 4.69) is 16.0 Å². The Morgan fingerprint density at radius 1 is 1.09 bits per heavy atom. The summed E-state index contributed by atoms with van der Waals surface area (Å²) in [4.78, 5) is 49.6. The van der Waals surface area contributed by atoms with Crippen LogP contribution in [-0.4, -0.2) is 55.3 Å². The maximum Gasteiger partial charge on any atom is 0.407 e. The van der Waals surface area contributed by atoms with E-state index in [9.17, 15) is 19.2 Å². The first-order valence-corrected chi connectivity index (χ1v) is 15.4. The summed E-state index contributed by atoms with van der Waals surface area (Å²) >= 11 is 5.94. The summed E-state index contributed by atoms with van der Waals surface area (Å²) in [5.41, 5.74) is 0.364. The summed E-state index contributed by atoms with van der Waals surface area (Å²) in [5.74, 6) is -1.07. The lowest BCUT2D eigenvalue weighted by molar-refractivity contribution is -0.151. The number of carbonyl (C=O) groups is 4. The number of methoxy groups -OCH3 is 1. The van der Waals surface area contributed by atoms with E-state index in [-0.39, 0.29) is 29.7 Å². The number of halogens is 1. The third-order valence-electron chi connectivity index (χ3n) is 6.54. The van der Waals surface area contributed by atoms with Gasteiger partial charge in [0, 0.05) is 42.3 Å². The Kier molecular flexibility index (Phi) is 17.1. The molecule has 250 valence electrons. The highest BCUT2D eigenvalue weighted by Gasteiger charge is 2.32. The molecule has 3 amide bonds. The number of allylic oxidation sites excluding steroid dienone is 5. The Labute approximate surface area is 273 Å². The zero-order valence-corrected chi connectivity index (χ0v) is 28.7. The summed E-state index contributed by atoms with van der Waals surface area (Å²) in [6, 6.07) is -0.884. The molecule has 0 aromatic heterocycles. The maximum absolute atomic E-state index is 13.0. The first-order valence-electron chi connectivity index (χ1n) is 15.1. The Balaban J connectivity index is 2.73. The van der Waals surface area contributed by atoms with Crippen LogP contribution in [0, 0.1) is 11.3 Å². The second-order valence-corrected chi connectivity index (χ2v) is 12.8. The lowest BCUT2D eigenvalue weighted by Gasteiger charge is -2.29. The lowest BCUT2D eigenvalue weighted by atomic mass is 9.86. The SMILES string of the molecule is COC1=CC[C@@H]([C@@H](C)/C=C(C)/C=C/C=C/C(=O)N[C@H](C(=O)N/C=C\CC(C/C=C(\C)Cl)OC(=O)NC(C)C)C(C)(C)C)OC1=O. The zero-order chi connectivity index (χ0) is 34.2. The highest BCUT2D eigenvalue weighted by atomic mass is 35.5. The molecule has 0 radical (unpaired) electrons. The van der Waals surface area contributed by atoms with Gasteiger partial charge in [0.2, 0.25) is 11.8 Å². The number of esters is 1. The van der Waals surface area contributed by atoms with E-state index in [4.69, 9.17) is 25.8 Å². The molecule has 0 saturated carbocycles. The Morgan fingerprint density at radius 2 is 1.76 bits per heavy atom. The molecule has 10 nitrogen and oxygen atoms in total. The van der Waals surface area contributed by atoms with Crippen LogP contribution in [0.2, 0.25) is 0 Å². The van der Waals surface area contributed by atoms with Crippen molar-refractivity contribution in [3.63, 3.8) is 0 Å². The molecule has 11 heteroatoms. The Morgan fingerprint density at radius 3 is 2.33 bits per heavy atom. The van der Waals surface area contributed by atoms with Crippen molar-refractivity contribution < 1.29 is 33.4 Å². The number of cyclic esters (lactones) is 1. The first kappa shape index (κ1) is 39.2. The van der Waals surface area contributed by atoms with E-state index in [1.807, 2.05) is 60.6 Å². The van der Waals surface area contributed by atoms with Gasteiger partial charge in [-0.15, -0.1) is 0 Å². The smallest absolute Gasteiger partial charge is 0.407 e. The minimum Gasteiger partial charge on any atom is -0.490 e. The van der Waals surface area contributed by atoms with Gasteiger partial charge in [0.25, 0.3) is 0 Å². The molecule has 0 aromatic carbocycles. The van der Waals surface area contributed by atoms with Crippen LogP contribution in [0.5, 0.6) is 0 Å². The van der Waals surface area contributed by atoms with Crippen molar-refractivity contribution in [2.24, 2.45) is 11.3 Å². The van der Waals surface area contributed by atoms with Crippen LogP contribution in [0.15, 0.2) is 71.2 Å². The summed E-state index contributed by atoms with van der Waals surface area (Å²) < 4.78 is 15.9. The van der Waals surface area contributed by atoms with Gasteiger partial charge >= 0.3 is 12.1 Å². The van der Waals surface area contributed by atoms with Crippen molar-refractivity contribution in [2.75, 3.05) is 7.11 Å². The molecule has 0 spiro atoms. The third-order valence-corrected chi connectivity index (χ3v) is 6.70. The highest BCUT2D eigenvalue weighted by molar-refractivity contribution is 6.29. The van der Waals surface area contributed by atoms with E-state index >= 15 is 0 Å². The fraction of sp³-hybridized carbons (Fsp3) is 0.529. The molecule has 0 bridgehead atoms. The van der Waals surface area contributed by atoms with Crippen molar-refractivity contribution in [3.05, 3.63) is 71.2 Å². The van der Waals surface area contributed by atoms with Gasteiger partial charge in [-0.25, -0.2) is 9.59 Å². The monoisotopic (exact) mass is 647 g/mol. The van der Waals surface area contributed by atoms with Crippen molar-refractivity contribution in [2.45, 2.75) is 98.9 Å². The minimum absolute atomic E-state index is 0.0184. The van der Waals surface area contributed by atoms with Crippen molar-refractivity contribution in [1.29, 1.82) is 0 Å². The molecule has 0 saturated heterocycles. The second kappa shape index (κ2) is 19.6. The van der Waals surface area contributed by atoms with Crippen LogP contribution in [0.3, 0.4) is 0 Å². The average Bonchev–Trinajstić information content (AvgIpc) is 2.93. The van der Waals surface area contributed by atoms with E-state index < -0.39 is 35.5 Å². The molecule has 3 N–H and O–H groups in total.